The third kappa shape index (κ3) is 4.33. The number of para-hydroxylation sites is 2. The van der Waals surface area contributed by atoms with E-state index in [0.29, 0.717) is 6.54 Å². The van der Waals surface area contributed by atoms with Crippen LogP contribution in [0.4, 0.5) is 5.69 Å². The molecule has 0 aliphatic carbocycles. The molecule has 0 saturated carbocycles. The summed E-state index contributed by atoms with van der Waals surface area (Å²) in [5.41, 5.74) is 4.33. The highest BCUT2D eigenvalue weighted by molar-refractivity contribution is 5.92. The van der Waals surface area contributed by atoms with Crippen molar-refractivity contribution >= 4 is 17.2 Å². The molecule has 0 unspecified atom stereocenters. The van der Waals surface area contributed by atoms with Crippen molar-refractivity contribution in [3.8, 4) is 5.69 Å². The highest BCUT2D eigenvalue weighted by atomic mass is 16.2. The number of carbonyl (C=O) groups is 1. The normalized spacial score (nSPS) is 14.6. The second-order valence-corrected chi connectivity index (χ2v) is 6.64. The molecule has 2 aromatic carbocycles. The van der Waals surface area contributed by atoms with Crippen LogP contribution in [0.5, 0.6) is 0 Å². The molecule has 0 spiro atoms. The lowest BCUT2D eigenvalue weighted by molar-refractivity contribution is -0.117. The molecule has 1 N–H and O–H groups in total. The van der Waals surface area contributed by atoms with Crippen LogP contribution in [0, 0.1) is 0 Å². The predicted molar refractivity (Wildman–Crippen MR) is 108 cm³/mol. The van der Waals surface area contributed by atoms with Crippen molar-refractivity contribution in [1.29, 1.82) is 0 Å². The van der Waals surface area contributed by atoms with E-state index in [9.17, 15) is 4.79 Å². The van der Waals surface area contributed by atoms with Gasteiger partial charge >= 0.3 is 0 Å². The Morgan fingerprint density at radius 1 is 1.04 bits per heavy atom. The fourth-order valence-electron chi connectivity index (χ4n) is 3.25. The SMILES string of the molecule is O=C(CN1CC=C(c2cnn(-c3ccccc3)c2)CC1)Nc1ccccc1. The molecule has 0 saturated heterocycles. The molecule has 0 atom stereocenters. The number of rotatable bonds is 5. The van der Waals surface area contributed by atoms with Gasteiger partial charge in [-0.3, -0.25) is 9.69 Å². The maximum Gasteiger partial charge on any atom is 0.238 e. The van der Waals surface area contributed by atoms with Gasteiger partial charge in [-0.15, -0.1) is 0 Å². The number of nitrogens with one attached hydrogen (secondary N) is 1. The molecule has 27 heavy (non-hydrogen) atoms. The summed E-state index contributed by atoms with van der Waals surface area (Å²) in [4.78, 5) is 14.4. The number of aromatic nitrogens is 2. The summed E-state index contributed by atoms with van der Waals surface area (Å²) < 4.78 is 1.90. The van der Waals surface area contributed by atoms with Crippen molar-refractivity contribution in [2.75, 3.05) is 25.0 Å². The highest BCUT2D eigenvalue weighted by Crippen LogP contribution is 2.22. The summed E-state index contributed by atoms with van der Waals surface area (Å²) in [5, 5.41) is 7.41. The minimum absolute atomic E-state index is 0.0231. The van der Waals surface area contributed by atoms with Gasteiger partial charge in [0.25, 0.3) is 0 Å². The maximum atomic E-state index is 12.2. The number of amides is 1. The molecule has 1 aliphatic rings. The highest BCUT2D eigenvalue weighted by Gasteiger charge is 2.16. The minimum Gasteiger partial charge on any atom is -0.325 e. The van der Waals surface area contributed by atoms with Crippen molar-refractivity contribution < 1.29 is 4.79 Å². The van der Waals surface area contributed by atoms with Gasteiger partial charge < -0.3 is 5.32 Å². The summed E-state index contributed by atoms with van der Waals surface area (Å²) >= 11 is 0. The van der Waals surface area contributed by atoms with Crippen molar-refractivity contribution in [2.24, 2.45) is 0 Å². The van der Waals surface area contributed by atoms with Gasteiger partial charge in [0.15, 0.2) is 0 Å². The van der Waals surface area contributed by atoms with Gasteiger partial charge in [-0.05, 0) is 36.3 Å². The number of benzene rings is 2. The van der Waals surface area contributed by atoms with Crippen molar-refractivity contribution in [3.05, 3.63) is 84.7 Å². The van der Waals surface area contributed by atoms with Gasteiger partial charge in [0.05, 0.1) is 18.4 Å². The monoisotopic (exact) mass is 358 g/mol. The van der Waals surface area contributed by atoms with Crippen LogP contribution in [0.3, 0.4) is 0 Å². The summed E-state index contributed by atoms with van der Waals surface area (Å²) in [7, 11) is 0. The van der Waals surface area contributed by atoms with E-state index in [1.165, 1.54) is 5.57 Å². The molecule has 3 aromatic rings. The van der Waals surface area contributed by atoms with Crippen LogP contribution in [0.2, 0.25) is 0 Å². The molecule has 4 rings (SSSR count). The fraction of sp³-hybridized carbons (Fsp3) is 0.182. The first-order valence-corrected chi connectivity index (χ1v) is 9.15. The lowest BCUT2D eigenvalue weighted by Gasteiger charge is -2.25. The van der Waals surface area contributed by atoms with Crippen LogP contribution < -0.4 is 5.32 Å². The standard InChI is InChI=1S/C22H22N4O/c27-22(24-20-7-3-1-4-8-20)17-25-13-11-18(12-14-25)19-15-23-26(16-19)21-9-5-2-6-10-21/h1-11,15-16H,12-14,17H2,(H,24,27). The Hall–Kier alpha value is -3.18. The Labute approximate surface area is 158 Å². The van der Waals surface area contributed by atoms with Crippen LogP contribution in [0.25, 0.3) is 11.3 Å². The van der Waals surface area contributed by atoms with Gasteiger partial charge in [0.2, 0.25) is 5.91 Å². The van der Waals surface area contributed by atoms with Crippen LogP contribution in [-0.2, 0) is 4.79 Å². The average molecular weight is 358 g/mol. The zero-order valence-electron chi connectivity index (χ0n) is 15.1. The lowest BCUT2D eigenvalue weighted by Crippen LogP contribution is -2.36. The molecule has 136 valence electrons. The zero-order valence-corrected chi connectivity index (χ0v) is 15.1. The zero-order chi connectivity index (χ0) is 18.5. The van der Waals surface area contributed by atoms with E-state index in [2.05, 4.69) is 27.6 Å². The molecule has 0 radical (unpaired) electrons. The average Bonchev–Trinajstić information content (AvgIpc) is 3.20. The number of hydrogen-bond donors (Lipinski definition) is 1. The summed E-state index contributed by atoms with van der Waals surface area (Å²) in [6, 6.07) is 19.7. The largest absolute Gasteiger partial charge is 0.325 e. The first-order chi connectivity index (χ1) is 13.3. The number of carbonyl (C=O) groups excluding carboxylic acids is 1. The van der Waals surface area contributed by atoms with Crippen LogP contribution in [0.15, 0.2) is 79.1 Å². The minimum atomic E-state index is 0.0231. The topological polar surface area (TPSA) is 50.2 Å². The molecule has 0 bridgehead atoms. The van der Waals surface area contributed by atoms with Gasteiger partial charge in [-0.2, -0.15) is 5.10 Å². The van der Waals surface area contributed by atoms with E-state index in [0.717, 1.165) is 36.4 Å². The van der Waals surface area contributed by atoms with E-state index in [-0.39, 0.29) is 5.91 Å². The van der Waals surface area contributed by atoms with Gasteiger partial charge in [0, 0.05) is 30.5 Å². The first-order valence-electron chi connectivity index (χ1n) is 9.15. The lowest BCUT2D eigenvalue weighted by atomic mass is 10.0. The second-order valence-electron chi connectivity index (χ2n) is 6.64. The Bertz CT molecular complexity index is 931. The van der Waals surface area contributed by atoms with Crippen LogP contribution >= 0.6 is 0 Å². The Balaban J connectivity index is 1.35. The third-order valence-corrected chi connectivity index (χ3v) is 4.69. The summed E-state index contributed by atoms with van der Waals surface area (Å²) in [6.45, 7) is 2.04. The van der Waals surface area contributed by atoms with E-state index in [1.54, 1.807) is 0 Å². The summed E-state index contributed by atoms with van der Waals surface area (Å²) in [5.74, 6) is 0.0231. The molecular formula is C22H22N4O. The summed E-state index contributed by atoms with van der Waals surface area (Å²) in [6.07, 6.45) is 7.10. The Kier molecular flexibility index (Phi) is 5.12. The fourth-order valence-corrected chi connectivity index (χ4v) is 3.25. The van der Waals surface area contributed by atoms with Crippen LogP contribution in [-0.4, -0.2) is 40.2 Å². The molecule has 2 heterocycles. The molecule has 1 aliphatic heterocycles. The number of hydrogen-bond acceptors (Lipinski definition) is 3. The molecule has 0 fully saturated rings. The predicted octanol–water partition coefficient (Wildman–Crippen LogP) is 3.60. The van der Waals surface area contributed by atoms with Crippen LogP contribution in [0.1, 0.15) is 12.0 Å². The third-order valence-electron chi connectivity index (χ3n) is 4.69. The van der Waals surface area contributed by atoms with Gasteiger partial charge in [-0.25, -0.2) is 4.68 Å². The Morgan fingerprint density at radius 3 is 2.48 bits per heavy atom. The maximum absolute atomic E-state index is 12.2. The number of nitrogens with zero attached hydrogens (tertiary/aromatic N) is 3. The van der Waals surface area contributed by atoms with Gasteiger partial charge in [-0.1, -0.05) is 42.5 Å². The number of anilines is 1. The second kappa shape index (κ2) is 8.01. The first kappa shape index (κ1) is 17.2. The van der Waals surface area contributed by atoms with E-state index < -0.39 is 0 Å². The molecule has 5 heteroatoms. The smallest absolute Gasteiger partial charge is 0.238 e. The van der Waals surface area contributed by atoms with Crippen molar-refractivity contribution in [2.45, 2.75) is 6.42 Å². The van der Waals surface area contributed by atoms with Gasteiger partial charge in [0.1, 0.15) is 0 Å². The van der Waals surface area contributed by atoms with Crippen molar-refractivity contribution in [1.82, 2.24) is 14.7 Å². The molecule has 5 nitrogen and oxygen atoms in total. The quantitative estimate of drug-likeness (QED) is 0.758. The van der Waals surface area contributed by atoms with E-state index in [4.69, 9.17) is 0 Å². The van der Waals surface area contributed by atoms with E-state index in [1.807, 2.05) is 71.5 Å². The van der Waals surface area contributed by atoms with E-state index >= 15 is 0 Å². The Morgan fingerprint density at radius 2 is 1.78 bits per heavy atom. The molecular weight excluding hydrogens is 336 g/mol. The van der Waals surface area contributed by atoms with Crippen molar-refractivity contribution in [3.63, 3.8) is 0 Å². The molecule has 1 aromatic heterocycles. The molecule has 1 amide bonds.